The van der Waals surface area contributed by atoms with E-state index in [9.17, 15) is 0 Å². The van der Waals surface area contributed by atoms with Crippen molar-refractivity contribution >= 4 is 49.9 Å². The maximum Gasteiger partial charge on any atom is 0.111 e. The highest BCUT2D eigenvalue weighted by molar-refractivity contribution is 9.10. The standard InChI is InChI=1S/C14H13BrClN3S/c15-10-1-2-13-12(7-10)18-14(3-5-16)19(13)6-4-11-8-20-9-17-11/h1-2,7-9H,3-6H2. The Morgan fingerprint density at radius 3 is 2.95 bits per heavy atom. The molecule has 20 heavy (non-hydrogen) atoms. The summed E-state index contributed by atoms with van der Waals surface area (Å²) in [5, 5.41) is 2.09. The van der Waals surface area contributed by atoms with Gasteiger partial charge < -0.3 is 4.57 Å². The van der Waals surface area contributed by atoms with E-state index in [1.54, 1.807) is 11.3 Å². The molecular formula is C14H13BrClN3S. The minimum absolute atomic E-state index is 0.585. The second-order valence-corrected chi connectivity index (χ2v) is 6.49. The van der Waals surface area contributed by atoms with Crippen molar-refractivity contribution in [3.8, 4) is 0 Å². The maximum absolute atomic E-state index is 5.89. The Hall–Kier alpha value is -0.910. The van der Waals surface area contributed by atoms with Crippen molar-refractivity contribution in [1.82, 2.24) is 14.5 Å². The van der Waals surface area contributed by atoms with Crippen LogP contribution in [0.3, 0.4) is 0 Å². The lowest BCUT2D eigenvalue weighted by Gasteiger charge is -2.07. The number of hydrogen-bond acceptors (Lipinski definition) is 3. The van der Waals surface area contributed by atoms with E-state index in [1.807, 2.05) is 17.6 Å². The molecule has 0 radical (unpaired) electrons. The number of aryl methyl sites for hydroxylation is 3. The van der Waals surface area contributed by atoms with Crippen LogP contribution in [0.1, 0.15) is 11.5 Å². The molecular weight excluding hydrogens is 358 g/mol. The van der Waals surface area contributed by atoms with Crippen molar-refractivity contribution in [2.45, 2.75) is 19.4 Å². The molecule has 0 N–H and O–H groups in total. The molecule has 0 aliphatic heterocycles. The second kappa shape index (κ2) is 6.24. The van der Waals surface area contributed by atoms with E-state index in [4.69, 9.17) is 16.6 Å². The average Bonchev–Trinajstić information content (AvgIpc) is 3.04. The fourth-order valence-electron chi connectivity index (χ4n) is 2.27. The smallest absolute Gasteiger partial charge is 0.111 e. The van der Waals surface area contributed by atoms with Crippen LogP contribution in [-0.2, 0) is 19.4 Å². The molecule has 0 bridgehead atoms. The molecule has 104 valence electrons. The van der Waals surface area contributed by atoms with Gasteiger partial charge in [-0.2, -0.15) is 0 Å². The lowest BCUT2D eigenvalue weighted by molar-refractivity contribution is 0.668. The predicted molar refractivity (Wildman–Crippen MR) is 87.7 cm³/mol. The van der Waals surface area contributed by atoms with Gasteiger partial charge >= 0.3 is 0 Å². The van der Waals surface area contributed by atoms with Crippen LogP contribution in [-0.4, -0.2) is 20.4 Å². The summed E-state index contributed by atoms with van der Waals surface area (Å²) in [7, 11) is 0. The van der Waals surface area contributed by atoms with Gasteiger partial charge in [-0.1, -0.05) is 15.9 Å². The highest BCUT2D eigenvalue weighted by Gasteiger charge is 2.11. The molecule has 0 unspecified atom stereocenters. The summed E-state index contributed by atoms with van der Waals surface area (Å²) in [5.41, 5.74) is 5.17. The third kappa shape index (κ3) is 2.90. The highest BCUT2D eigenvalue weighted by atomic mass is 79.9. The fraction of sp³-hybridized carbons (Fsp3) is 0.286. The van der Waals surface area contributed by atoms with E-state index < -0.39 is 0 Å². The number of hydrogen-bond donors (Lipinski definition) is 0. The van der Waals surface area contributed by atoms with Crippen molar-refractivity contribution in [3.05, 3.63) is 45.1 Å². The molecule has 0 aliphatic carbocycles. The zero-order valence-corrected chi connectivity index (χ0v) is 13.9. The van der Waals surface area contributed by atoms with Crippen LogP contribution >= 0.6 is 38.9 Å². The molecule has 0 spiro atoms. The van der Waals surface area contributed by atoms with E-state index in [0.29, 0.717) is 5.88 Å². The van der Waals surface area contributed by atoms with E-state index in [2.05, 4.69) is 36.9 Å². The Kier molecular flexibility index (Phi) is 4.38. The molecule has 0 saturated heterocycles. The number of nitrogens with zero attached hydrogens (tertiary/aromatic N) is 3. The first kappa shape index (κ1) is 14.0. The Morgan fingerprint density at radius 1 is 1.30 bits per heavy atom. The molecule has 0 aliphatic rings. The first-order chi connectivity index (χ1) is 9.78. The minimum Gasteiger partial charge on any atom is -0.328 e. The zero-order valence-electron chi connectivity index (χ0n) is 10.7. The maximum atomic E-state index is 5.89. The van der Waals surface area contributed by atoms with Crippen LogP contribution in [0.2, 0.25) is 0 Å². The van der Waals surface area contributed by atoms with Gasteiger partial charge in [0.15, 0.2) is 0 Å². The Labute approximate surface area is 134 Å². The molecule has 0 saturated carbocycles. The van der Waals surface area contributed by atoms with Crippen LogP contribution < -0.4 is 0 Å². The fourth-order valence-corrected chi connectivity index (χ4v) is 3.38. The number of fused-ring (bicyclic) bond motifs is 1. The van der Waals surface area contributed by atoms with Crippen molar-refractivity contribution < 1.29 is 0 Å². The van der Waals surface area contributed by atoms with Gasteiger partial charge in [0.1, 0.15) is 5.82 Å². The van der Waals surface area contributed by atoms with E-state index in [1.165, 1.54) is 0 Å². The molecule has 0 fully saturated rings. The Morgan fingerprint density at radius 2 is 2.20 bits per heavy atom. The van der Waals surface area contributed by atoms with Gasteiger partial charge in [-0.05, 0) is 18.2 Å². The highest BCUT2D eigenvalue weighted by Crippen LogP contribution is 2.22. The first-order valence-electron chi connectivity index (χ1n) is 6.35. The number of rotatable bonds is 5. The summed E-state index contributed by atoms with van der Waals surface area (Å²) in [6, 6.07) is 6.20. The number of alkyl halides is 1. The van der Waals surface area contributed by atoms with Crippen molar-refractivity contribution in [1.29, 1.82) is 0 Å². The summed E-state index contributed by atoms with van der Waals surface area (Å²) >= 11 is 11.0. The number of aromatic nitrogens is 3. The number of benzene rings is 1. The molecule has 2 aromatic heterocycles. The van der Waals surface area contributed by atoms with Crippen molar-refractivity contribution in [2.75, 3.05) is 5.88 Å². The normalized spacial score (nSPS) is 11.3. The molecule has 0 atom stereocenters. The molecule has 0 amide bonds. The summed E-state index contributed by atoms with van der Waals surface area (Å²) in [4.78, 5) is 9.03. The molecule has 3 aromatic rings. The quantitative estimate of drug-likeness (QED) is 0.628. The van der Waals surface area contributed by atoms with Gasteiger partial charge in [0.05, 0.1) is 22.2 Å². The first-order valence-corrected chi connectivity index (χ1v) is 8.62. The third-order valence-corrected chi connectivity index (χ3v) is 4.50. The van der Waals surface area contributed by atoms with Crippen LogP contribution in [0.25, 0.3) is 11.0 Å². The van der Waals surface area contributed by atoms with Gasteiger partial charge in [0.2, 0.25) is 0 Å². The van der Waals surface area contributed by atoms with Crippen LogP contribution in [0, 0.1) is 0 Å². The van der Waals surface area contributed by atoms with Crippen molar-refractivity contribution in [2.24, 2.45) is 0 Å². The largest absolute Gasteiger partial charge is 0.328 e. The summed E-state index contributed by atoms with van der Waals surface area (Å²) < 4.78 is 3.30. The van der Waals surface area contributed by atoms with E-state index >= 15 is 0 Å². The lowest BCUT2D eigenvalue weighted by atomic mass is 10.3. The summed E-state index contributed by atoms with van der Waals surface area (Å²) in [6.45, 7) is 0.883. The minimum atomic E-state index is 0.585. The van der Waals surface area contributed by atoms with Gasteiger partial charge in [0.25, 0.3) is 0 Å². The van der Waals surface area contributed by atoms with Crippen molar-refractivity contribution in [3.63, 3.8) is 0 Å². The van der Waals surface area contributed by atoms with Crippen LogP contribution in [0.15, 0.2) is 33.6 Å². The van der Waals surface area contributed by atoms with Gasteiger partial charge in [-0.25, -0.2) is 9.97 Å². The second-order valence-electron chi connectivity index (χ2n) is 4.48. The zero-order chi connectivity index (χ0) is 13.9. The molecule has 3 nitrogen and oxygen atoms in total. The molecule has 6 heteroatoms. The topological polar surface area (TPSA) is 30.7 Å². The average molecular weight is 371 g/mol. The molecule has 1 aromatic carbocycles. The van der Waals surface area contributed by atoms with Gasteiger partial charge in [0, 0.05) is 35.1 Å². The van der Waals surface area contributed by atoms with Crippen LogP contribution in [0.4, 0.5) is 0 Å². The Balaban J connectivity index is 1.95. The summed E-state index contributed by atoms with van der Waals surface area (Å²) in [6.07, 6.45) is 1.70. The van der Waals surface area contributed by atoms with Crippen LogP contribution in [0.5, 0.6) is 0 Å². The van der Waals surface area contributed by atoms with Gasteiger partial charge in [-0.15, -0.1) is 22.9 Å². The molecule has 3 rings (SSSR count). The Bertz CT molecular complexity index is 709. The number of imidazole rings is 1. The number of halogens is 2. The number of thiazole rings is 1. The summed E-state index contributed by atoms with van der Waals surface area (Å²) in [5.74, 6) is 1.63. The predicted octanol–water partition coefficient (Wildman–Crippen LogP) is 4.28. The van der Waals surface area contributed by atoms with E-state index in [0.717, 1.165) is 46.4 Å². The lowest BCUT2D eigenvalue weighted by Crippen LogP contribution is -2.07. The van der Waals surface area contributed by atoms with Gasteiger partial charge in [-0.3, -0.25) is 0 Å². The molecule has 2 heterocycles. The van der Waals surface area contributed by atoms with E-state index in [-0.39, 0.29) is 0 Å². The monoisotopic (exact) mass is 369 g/mol. The SMILES string of the molecule is ClCCc1nc2cc(Br)ccc2n1CCc1cscn1. The third-order valence-electron chi connectivity index (χ3n) is 3.18.